The van der Waals surface area contributed by atoms with Crippen LogP contribution in [0.4, 0.5) is 0 Å². The summed E-state index contributed by atoms with van der Waals surface area (Å²) in [7, 11) is 0. The summed E-state index contributed by atoms with van der Waals surface area (Å²) >= 11 is 0. The molecule has 0 aliphatic heterocycles. The Morgan fingerprint density at radius 3 is 1.80 bits per heavy atom. The van der Waals surface area contributed by atoms with Gasteiger partial charge in [0.2, 0.25) is 0 Å². The summed E-state index contributed by atoms with van der Waals surface area (Å²) in [6, 6.07) is 70.3. The molecule has 9 aromatic carbocycles. The average molecular weight is 701 g/mol. The normalized spacial score (nSPS) is 12.0. The zero-order valence-corrected chi connectivity index (χ0v) is 29.8. The zero-order chi connectivity index (χ0) is 36.0. The van der Waals surface area contributed by atoms with Gasteiger partial charge in [-0.15, -0.1) is 0 Å². The van der Waals surface area contributed by atoms with Crippen LogP contribution in [0.5, 0.6) is 0 Å². The van der Waals surface area contributed by atoms with Crippen LogP contribution in [0.2, 0.25) is 0 Å². The standard InChI is InChI=1S/C52H32N2O/c1-2-12-33(13-3-1)35-22-26-38(27-23-35)54-47-20-10-7-18-42(47)50-51(54)43(32-45-41-17-8-11-21-49(41)55-52(45)50)37-25-29-48-44(31-37)40-16-6-9-19-46(40)53(48)39-28-24-34-14-4-5-15-36(34)30-39/h1-32H. The summed E-state index contributed by atoms with van der Waals surface area (Å²) in [6.07, 6.45) is 0. The predicted molar refractivity (Wildman–Crippen MR) is 231 cm³/mol. The molecular weight excluding hydrogens is 669 g/mol. The van der Waals surface area contributed by atoms with Crippen molar-refractivity contribution in [1.29, 1.82) is 0 Å². The molecule has 0 radical (unpaired) electrons. The largest absolute Gasteiger partial charge is 0.455 e. The van der Waals surface area contributed by atoms with Crippen LogP contribution in [-0.2, 0) is 0 Å². The van der Waals surface area contributed by atoms with Gasteiger partial charge in [-0.25, -0.2) is 0 Å². The van der Waals surface area contributed by atoms with E-state index in [4.69, 9.17) is 4.42 Å². The Balaban J connectivity index is 1.17. The van der Waals surface area contributed by atoms with Gasteiger partial charge in [0.1, 0.15) is 11.2 Å². The molecule has 3 nitrogen and oxygen atoms in total. The second-order valence-corrected chi connectivity index (χ2v) is 14.5. The van der Waals surface area contributed by atoms with E-state index in [1.165, 1.54) is 54.7 Å². The van der Waals surface area contributed by atoms with Crippen molar-refractivity contribution in [3.05, 3.63) is 194 Å². The molecule has 3 aromatic heterocycles. The van der Waals surface area contributed by atoms with Gasteiger partial charge in [0.05, 0.1) is 27.5 Å². The quantitative estimate of drug-likeness (QED) is 0.179. The molecule has 3 heterocycles. The van der Waals surface area contributed by atoms with Crippen LogP contribution < -0.4 is 0 Å². The molecule has 0 aliphatic rings. The molecule has 12 aromatic rings. The number of furan rings is 1. The predicted octanol–water partition coefficient (Wildman–Crippen LogP) is 14.3. The number of hydrogen-bond acceptors (Lipinski definition) is 1. The van der Waals surface area contributed by atoms with E-state index in [9.17, 15) is 0 Å². The second kappa shape index (κ2) is 11.6. The number of hydrogen-bond donors (Lipinski definition) is 0. The lowest BCUT2D eigenvalue weighted by atomic mass is 9.97. The molecule has 0 aliphatic carbocycles. The molecule has 12 rings (SSSR count). The molecule has 0 unspecified atom stereocenters. The number of aromatic nitrogens is 2. The van der Waals surface area contributed by atoms with Crippen LogP contribution in [0.3, 0.4) is 0 Å². The van der Waals surface area contributed by atoms with Crippen molar-refractivity contribution in [2.24, 2.45) is 0 Å². The highest BCUT2D eigenvalue weighted by Crippen LogP contribution is 2.46. The van der Waals surface area contributed by atoms with Gasteiger partial charge in [0.15, 0.2) is 0 Å². The maximum Gasteiger partial charge on any atom is 0.145 e. The van der Waals surface area contributed by atoms with E-state index in [2.05, 4.69) is 203 Å². The first-order valence-corrected chi connectivity index (χ1v) is 18.8. The Bertz CT molecular complexity index is 3470. The van der Waals surface area contributed by atoms with Gasteiger partial charge in [0, 0.05) is 43.9 Å². The summed E-state index contributed by atoms with van der Waals surface area (Å²) in [4.78, 5) is 0. The maximum atomic E-state index is 6.78. The third-order valence-corrected chi connectivity index (χ3v) is 11.5. The molecule has 0 N–H and O–H groups in total. The summed E-state index contributed by atoms with van der Waals surface area (Å²) in [5.41, 5.74) is 13.5. The molecule has 0 saturated carbocycles. The molecule has 0 saturated heterocycles. The number of benzene rings is 9. The van der Waals surface area contributed by atoms with Crippen molar-refractivity contribution in [1.82, 2.24) is 9.13 Å². The van der Waals surface area contributed by atoms with Gasteiger partial charge in [-0.1, -0.05) is 133 Å². The van der Waals surface area contributed by atoms with E-state index in [-0.39, 0.29) is 0 Å². The fourth-order valence-corrected chi connectivity index (χ4v) is 8.99. The number of rotatable bonds is 4. The van der Waals surface area contributed by atoms with Crippen LogP contribution in [0.1, 0.15) is 0 Å². The highest BCUT2D eigenvalue weighted by atomic mass is 16.3. The first kappa shape index (κ1) is 30.1. The zero-order valence-electron chi connectivity index (χ0n) is 29.8. The van der Waals surface area contributed by atoms with E-state index < -0.39 is 0 Å². The fourth-order valence-electron chi connectivity index (χ4n) is 8.99. The van der Waals surface area contributed by atoms with Gasteiger partial charge >= 0.3 is 0 Å². The lowest BCUT2D eigenvalue weighted by Crippen LogP contribution is -1.96. The minimum absolute atomic E-state index is 0.897. The summed E-state index contributed by atoms with van der Waals surface area (Å²) in [5, 5.41) is 9.48. The number of nitrogens with zero attached hydrogens (tertiary/aromatic N) is 2. The molecular formula is C52H32N2O. The third kappa shape index (κ3) is 4.44. The van der Waals surface area contributed by atoms with Crippen LogP contribution in [0.15, 0.2) is 199 Å². The SMILES string of the molecule is c1ccc(-c2ccc(-n3c4ccccc4c4c5oc6ccccc6c5cc(-c5ccc6c(c5)c5ccccc5n6-c5ccc6ccccc6c5)c43)cc2)cc1. The van der Waals surface area contributed by atoms with E-state index in [0.717, 1.165) is 55.3 Å². The lowest BCUT2D eigenvalue weighted by molar-refractivity contribution is 0.673. The van der Waals surface area contributed by atoms with Gasteiger partial charge in [-0.3, -0.25) is 0 Å². The van der Waals surface area contributed by atoms with Crippen molar-refractivity contribution in [3.8, 4) is 33.6 Å². The highest BCUT2D eigenvalue weighted by molar-refractivity contribution is 6.27. The summed E-state index contributed by atoms with van der Waals surface area (Å²) < 4.78 is 11.6. The molecule has 55 heavy (non-hydrogen) atoms. The molecule has 0 amide bonds. The van der Waals surface area contributed by atoms with Crippen LogP contribution in [0, 0.1) is 0 Å². The van der Waals surface area contributed by atoms with Gasteiger partial charge < -0.3 is 13.6 Å². The topological polar surface area (TPSA) is 23.0 Å². The molecule has 0 atom stereocenters. The molecule has 0 bridgehead atoms. The first-order chi connectivity index (χ1) is 27.3. The van der Waals surface area contributed by atoms with Gasteiger partial charge in [-0.05, 0) is 88.1 Å². The summed E-state index contributed by atoms with van der Waals surface area (Å²) in [6.45, 7) is 0. The van der Waals surface area contributed by atoms with E-state index in [0.29, 0.717) is 0 Å². The molecule has 0 fully saturated rings. The maximum absolute atomic E-state index is 6.78. The minimum atomic E-state index is 0.897. The monoisotopic (exact) mass is 700 g/mol. The first-order valence-electron chi connectivity index (χ1n) is 18.8. The smallest absolute Gasteiger partial charge is 0.145 e. The van der Waals surface area contributed by atoms with E-state index >= 15 is 0 Å². The van der Waals surface area contributed by atoms with Gasteiger partial charge in [0.25, 0.3) is 0 Å². The molecule has 256 valence electrons. The Morgan fingerprint density at radius 2 is 0.964 bits per heavy atom. The fraction of sp³-hybridized carbons (Fsp3) is 0. The molecule has 3 heteroatoms. The second-order valence-electron chi connectivity index (χ2n) is 14.5. The Kier molecular flexibility index (Phi) is 6.34. The van der Waals surface area contributed by atoms with Crippen molar-refractivity contribution in [3.63, 3.8) is 0 Å². The van der Waals surface area contributed by atoms with Crippen molar-refractivity contribution in [2.75, 3.05) is 0 Å². The van der Waals surface area contributed by atoms with Crippen molar-refractivity contribution < 1.29 is 4.42 Å². The van der Waals surface area contributed by atoms with Crippen molar-refractivity contribution >= 4 is 76.3 Å². The Morgan fingerprint density at radius 1 is 0.345 bits per heavy atom. The number of para-hydroxylation sites is 3. The number of fused-ring (bicyclic) bond motifs is 11. The molecule has 0 spiro atoms. The Hall–Kier alpha value is -7.36. The lowest BCUT2D eigenvalue weighted by Gasteiger charge is -2.14. The van der Waals surface area contributed by atoms with E-state index in [1.54, 1.807) is 0 Å². The third-order valence-electron chi connectivity index (χ3n) is 11.5. The highest BCUT2D eigenvalue weighted by Gasteiger charge is 2.24. The minimum Gasteiger partial charge on any atom is -0.455 e. The summed E-state index contributed by atoms with van der Waals surface area (Å²) in [5.74, 6) is 0. The van der Waals surface area contributed by atoms with Crippen LogP contribution >= 0.6 is 0 Å². The van der Waals surface area contributed by atoms with E-state index in [1.807, 2.05) is 0 Å². The van der Waals surface area contributed by atoms with Crippen LogP contribution in [0.25, 0.3) is 110 Å². The average Bonchev–Trinajstić information content (AvgIpc) is 3.91. The Labute approximate surface area is 316 Å². The van der Waals surface area contributed by atoms with Crippen molar-refractivity contribution in [2.45, 2.75) is 0 Å². The van der Waals surface area contributed by atoms with Gasteiger partial charge in [-0.2, -0.15) is 0 Å². The van der Waals surface area contributed by atoms with Crippen LogP contribution in [-0.4, -0.2) is 9.13 Å².